The van der Waals surface area contributed by atoms with Crippen molar-refractivity contribution in [3.63, 3.8) is 0 Å². The van der Waals surface area contributed by atoms with Crippen molar-refractivity contribution in [2.75, 3.05) is 6.54 Å². The van der Waals surface area contributed by atoms with Gasteiger partial charge in [-0.2, -0.15) is 0 Å². The lowest BCUT2D eigenvalue weighted by Crippen LogP contribution is -2.30. The minimum absolute atomic E-state index is 0.213. The van der Waals surface area contributed by atoms with Crippen molar-refractivity contribution in [3.8, 4) is 0 Å². The largest absolute Gasteiger partial charge is 0.314 e. The molecule has 1 fully saturated rings. The van der Waals surface area contributed by atoms with Crippen molar-refractivity contribution in [2.24, 2.45) is 0 Å². The van der Waals surface area contributed by atoms with Gasteiger partial charge in [0.25, 0.3) is 0 Å². The number of rotatable bonds is 4. The molecule has 2 unspecified atom stereocenters. The Bertz CT molecular complexity index is 367. The zero-order valence-corrected chi connectivity index (χ0v) is 11.2. The molecule has 0 spiro atoms. The van der Waals surface area contributed by atoms with Gasteiger partial charge in [-0.05, 0) is 49.8 Å². The molecule has 2 nitrogen and oxygen atoms in total. The van der Waals surface area contributed by atoms with Crippen LogP contribution in [0.25, 0.3) is 0 Å². The second-order valence-electron chi connectivity index (χ2n) is 5.30. The van der Waals surface area contributed by atoms with Gasteiger partial charge in [-0.25, -0.2) is 4.39 Å². The van der Waals surface area contributed by atoms with E-state index in [4.69, 9.17) is 0 Å². The van der Waals surface area contributed by atoms with Crippen molar-refractivity contribution in [1.29, 1.82) is 0 Å². The lowest BCUT2D eigenvalue weighted by molar-refractivity contribution is 0.438. The Hall–Kier alpha value is -0.960. The summed E-state index contributed by atoms with van der Waals surface area (Å²) in [4.78, 5) is 3.98. The molecule has 1 N–H and O–H groups in total. The Morgan fingerprint density at radius 3 is 2.94 bits per heavy atom. The van der Waals surface area contributed by atoms with E-state index in [2.05, 4.69) is 17.2 Å². The van der Waals surface area contributed by atoms with Gasteiger partial charge in [-0.3, -0.25) is 4.98 Å². The van der Waals surface area contributed by atoms with Crippen LogP contribution in [0, 0.1) is 5.82 Å². The molecule has 1 saturated carbocycles. The molecule has 0 amide bonds. The van der Waals surface area contributed by atoms with Crippen LogP contribution >= 0.6 is 0 Å². The van der Waals surface area contributed by atoms with Gasteiger partial charge in [0.2, 0.25) is 0 Å². The van der Waals surface area contributed by atoms with Crippen LogP contribution in [-0.2, 0) is 0 Å². The third kappa shape index (κ3) is 3.77. The highest BCUT2D eigenvalue weighted by molar-refractivity contribution is 5.16. The lowest BCUT2D eigenvalue weighted by atomic mass is 9.91. The van der Waals surface area contributed by atoms with Crippen molar-refractivity contribution in [3.05, 3.63) is 29.8 Å². The molecule has 1 heterocycles. The Morgan fingerprint density at radius 2 is 2.17 bits per heavy atom. The molecule has 0 aromatic carbocycles. The molecule has 18 heavy (non-hydrogen) atoms. The first-order valence-corrected chi connectivity index (χ1v) is 7.13. The standard InChI is InChI=1S/C15H23FN2/c1-2-7-18-15-6-4-3-5-12(9-15)13-8-14(16)11-17-10-13/h8,10-12,15,18H,2-7,9H2,1H3. The summed E-state index contributed by atoms with van der Waals surface area (Å²) in [6, 6.07) is 2.24. The molecule has 0 aliphatic heterocycles. The Balaban J connectivity index is 2.02. The Kier molecular flexibility index (Phi) is 5.12. The maximum atomic E-state index is 13.2. The van der Waals surface area contributed by atoms with E-state index >= 15 is 0 Å². The van der Waals surface area contributed by atoms with E-state index in [9.17, 15) is 4.39 Å². The summed E-state index contributed by atoms with van der Waals surface area (Å²) >= 11 is 0. The molecule has 0 bridgehead atoms. The minimum atomic E-state index is -0.213. The molecule has 1 aromatic heterocycles. The van der Waals surface area contributed by atoms with Crippen LogP contribution in [0.5, 0.6) is 0 Å². The Morgan fingerprint density at radius 1 is 1.33 bits per heavy atom. The topological polar surface area (TPSA) is 24.9 Å². The number of halogens is 1. The van der Waals surface area contributed by atoms with Gasteiger partial charge < -0.3 is 5.32 Å². The van der Waals surface area contributed by atoms with Crippen molar-refractivity contribution < 1.29 is 4.39 Å². The number of hydrogen-bond acceptors (Lipinski definition) is 2. The van der Waals surface area contributed by atoms with Crippen LogP contribution in [-0.4, -0.2) is 17.6 Å². The maximum absolute atomic E-state index is 13.2. The van der Waals surface area contributed by atoms with Crippen LogP contribution in [0.3, 0.4) is 0 Å². The molecular formula is C15H23FN2. The fourth-order valence-corrected chi connectivity index (χ4v) is 2.85. The number of hydrogen-bond donors (Lipinski definition) is 1. The van der Waals surface area contributed by atoms with E-state index < -0.39 is 0 Å². The average molecular weight is 250 g/mol. The van der Waals surface area contributed by atoms with Crippen LogP contribution in [0.2, 0.25) is 0 Å². The van der Waals surface area contributed by atoms with E-state index in [1.54, 1.807) is 6.07 Å². The van der Waals surface area contributed by atoms with Crippen molar-refractivity contribution >= 4 is 0 Å². The SMILES string of the molecule is CCCNC1CCCCC(c2cncc(F)c2)C1. The normalized spacial score (nSPS) is 24.8. The third-order valence-electron chi connectivity index (χ3n) is 3.80. The zero-order valence-electron chi connectivity index (χ0n) is 11.2. The number of pyridine rings is 1. The molecule has 1 aliphatic carbocycles. The average Bonchev–Trinajstić information content (AvgIpc) is 2.62. The monoisotopic (exact) mass is 250 g/mol. The molecule has 100 valence electrons. The first kappa shape index (κ1) is 13.5. The van der Waals surface area contributed by atoms with Crippen LogP contribution in [0.15, 0.2) is 18.5 Å². The summed E-state index contributed by atoms with van der Waals surface area (Å²) in [5.41, 5.74) is 1.07. The van der Waals surface area contributed by atoms with E-state index in [1.807, 2.05) is 6.20 Å². The highest BCUT2D eigenvalue weighted by Gasteiger charge is 2.21. The second kappa shape index (κ2) is 6.83. The molecule has 2 atom stereocenters. The van der Waals surface area contributed by atoms with Gasteiger partial charge in [0.05, 0.1) is 6.20 Å². The predicted octanol–water partition coefficient (Wildman–Crippen LogP) is 3.64. The molecule has 0 saturated heterocycles. The summed E-state index contributed by atoms with van der Waals surface area (Å²) in [5, 5.41) is 3.61. The minimum Gasteiger partial charge on any atom is -0.314 e. The highest BCUT2D eigenvalue weighted by Crippen LogP contribution is 2.31. The van der Waals surface area contributed by atoms with Crippen molar-refractivity contribution in [2.45, 2.75) is 57.4 Å². The van der Waals surface area contributed by atoms with Gasteiger partial charge in [0.1, 0.15) is 5.82 Å². The molecule has 1 aromatic rings. The third-order valence-corrected chi connectivity index (χ3v) is 3.80. The van der Waals surface area contributed by atoms with Gasteiger partial charge >= 0.3 is 0 Å². The number of aromatic nitrogens is 1. The molecule has 0 radical (unpaired) electrons. The fourth-order valence-electron chi connectivity index (χ4n) is 2.85. The van der Waals surface area contributed by atoms with Gasteiger partial charge in [-0.15, -0.1) is 0 Å². The molecular weight excluding hydrogens is 227 g/mol. The second-order valence-corrected chi connectivity index (χ2v) is 5.30. The number of nitrogens with zero attached hydrogens (tertiary/aromatic N) is 1. The molecule has 1 aliphatic rings. The maximum Gasteiger partial charge on any atom is 0.141 e. The van der Waals surface area contributed by atoms with Gasteiger partial charge in [-0.1, -0.05) is 19.8 Å². The lowest BCUT2D eigenvalue weighted by Gasteiger charge is -2.21. The van der Waals surface area contributed by atoms with E-state index in [0.717, 1.165) is 24.9 Å². The summed E-state index contributed by atoms with van der Waals surface area (Å²) < 4.78 is 13.2. The Labute approximate surface area is 109 Å². The first-order chi connectivity index (χ1) is 8.79. The summed E-state index contributed by atoms with van der Waals surface area (Å²) in [6.07, 6.45) is 10.3. The van der Waals surface area contributed by atoms with Crippen LogP contribution < -0.4 is 5.32 Å². The van der Waals surface area contributed by atoms with Gasteiger partial charge in [0.15, 0.2) is 0 Å². The van der Waals surface area contributed by atoms with Crippen LogP contribution in [0.1, 0.15) is 56.9 Å². The fraction of sp³-hybridized carbons (Fsp3) is 0.667. The molecule has 3 heteroatoms. The van der Waals surface area contributed by atoms with E-state index in [1.165, 1.54) is 31.9 Å². The van der Waals surface area contributed by atoms with E-state index in [0.29, 0.717) is 12.0 Å². The smallest absolute Gasteiger partial charge is 0.141 e. The van der Waals surface area contributed by atoms with E-state index in [-0.39, 0.29) is 5.82 Å². The van der Waals surface area contributed by atoms with Gasteiger partial charge in [0, 0.05) is 12.2 Å². The summed E-state index contributed by atoms with van der Waals surface area (Å²) in [5.74, 6) is 0.250. The van der Waals surface area contributed by atoms with Crippen LogP contribution in [0.4, 0.5) is 4.39 Å². The number of nitrogens with one attached hydrogen (secondary N) is 1. The first-order valence-electron chi connectivity index (χ1n) is 7.13. The summed E-state index contributed by atoms with van der Waals surface area (Å²) in [6.45, 7) is 3.27. The predicted molar refractivity (Wildman–Crippen MR) is 72.1 cm³/mol. The quantitative estimate of drug-likeness (QED) is 0.825. The molecule has 2 rings (SSSR count). The summed E-state index contributed by atoms with van der Waals surface area (Å²) in [7, 11) is 0. The zero-order chi connectivity index (χ0) is 12.8. The highest BCUT2D eigenvalue weighted by atomic mass is 19.1. The van der Waals surface area contributed by atoms with Crippen molar-refractivity contribution in [1.82, 2.24) is 10.3 Å².